The molecule has 1 unspecified atom stereocenters. The highest BCUT2D eigenvalue weighted by Gasteiger charge is 2.31. The van der Waals surface area contributed by atoms with Crippen molar-refractivity contribution in [2.45, 2.75) is 25.8 Å². The molecule has 1 N–H and O–H groups in total. The van der Waals surface area contributed by atoms with Gasteiger partial charge in [0.05, 0.1) is 18.0 Å². The number of hydrogen-bond acceptors (Lipinski definition) is 4. The van der Waals surface area contributed by atoms with Crippen LogP contribution in [0.25, 0.3) is 0 Å². The molecule has 0 radical (unpaired) electrons. The molecule has 0 aliphatic carbocycles. The van der Waals surface area contributed by atoms with Crippen LogP contribution in [0.4, 0.5) is 10.1 Å². The van der Waals surface area contributed by atoms with Gasteiger partial charge in [-0.1, -0.05) is 36.7 Å². The number of nitrogens with one attached hydrogen (secondary N) is 1. The molecule has 5 nitrogen and oxygen atoms in total. The molecule has 0 fully saturated rings. The maximum atomic E-state index is 14.4. The Morgan fingerprint density at radius 3 is 2.56 bits per heavy atom. The molecule has 144 valence electrons. The normalized spacial score (nSPS) is 17.1. The zero-order valence-corrected chi connectivity index (χ0v) is 16.7. The second kappa shape index (κ2) is 7.86. The zero-order chi connectivity index (χ0) is 19.6. The van der Waals surface area contributed by atoms with Crippen LogP contribution >= 0.6 is 11.6 Å². The van der Waals surface area contributed by atoms with E-state index in [1.807, 2.05) is 24.1 Å². The Labute approximate surface area is 163 Å². The molecule has 8 heteroatoms. The molecule has 2 aromatic carbocycles. The molecule has 27 heavy (non-hydrogen) atoms. The van der Waals surface area contributed by atoms with Crippen LogP contribution in [-0.2, 0) is 10.0 Å². The van der Waals surface area contributed by atoms with Crippen molar-refractivity contribution < 1.29 is 12.8 Å². The lowest BCUT2D eigenvalue weighted by molar-refractivity contribution is 0.229. The molecule has 1 aliphatic heterocycles. The van der Waals surface area contributed by atoms with Crippen molar-refractivity contribution in [1.29, 1.82) is 0 Å². The van der Waals surface area contributed by atoms with E-state index >= 15 is 0 Å². The summed E-state index contributed by atoms with van der Waals surface area (Å²) in [5, 5.41) is 6.95. The topological polar surface area (TPSA) is 61.8 Å². The average molecular weight is 410 g/mol. The highest BCUT2D eigenvalue weighted by molar-refractivity contribution is 7.92. The third-order valence-corrected chi connectivity index (χ3v) is 5.24. The standard InChI is InChI=1S/C19H21ClFN3O2S/c1-3-11-24-18(19-15(20)5-4-6-16(19)21)12-17(22-24)13-7-9-14(10-8-13)23-27(2,25)26/h4-10,18,23H,3,11-12H2,1-2H3. The predicted molar refractivity (Wildman–Crippen MR) is 107 cm³/mol. The molecule has 1 atom stereocenters. The number of rotatable bonds is 6. The van der Waals surface area contributed by atoms with E-state index in [1.54, 1.807) is 24.3 Å². The Morgan fingerprint density at radius 1 is 1.26 bits per heavy atom. The van der Waals surface area contributed by atoms with Crippen LogP contribution in [0.15, 0.2) is 47.6 Å². The monoisotopic (exact) mass is 409 g/mol. The average Bonchev–Trinajstić information content (AvgIpc) is 2.98. The maximum Gasteiger partial charge on any atom is 0.229 e. The van der Waals surface area contributed by atoms with E-state index in [1.165, 1.54) is 6.07 Å². The molecule has 0 bridgehead atoms. The van der Waals surface area contributed by atoms with Crippen molar-refractivity contribution >= 4 is 33.0 Å². The lowest BCUT2D eigenvalue weighted by Gasteiger charge is -2.24. The van der Waals surface area contributed by atoms with Crippen molar-refractivity contribution in [2.75, 3.05) is 17.5 Å². The molecular weight excluding hydrogens is 389 g/mol. The van der Waals surface area contributed by atoms with Gasteiger partial charge < -0.3 is 0 Å². The first-order chi connectivity index (χ1) is 12.8. The summed E-state index contributed by atoms with van der Waals surface area (Å²) in [7, 11) is -3.32. The zero-order valence-electron chi connectivity index (χ0n) is 15.1. The van der Waals surface area contributed by atoms with E-state index in [9.17, 15) is 12.8 Å². The summed E-state index contributed by atoms with van der Waals surface area (Å²) in [5.41, 5.74) is 2.63. The van der Waals surface area contributed by atoms with Crippen LogP contribution in [0.5, 0.6) is 0 Å². The fourth-order valence-corrected chi connectivity index (χ4v) is 4.04. The van der Waals surface area contributed by atoms with Gasteiger partial charge in [0.1, 0.15) is 5.82 Å². The Balaban J connectivity index is 1.88. The van der Waals surface area contributed by atoms with E-state index in [-0.39, 0.29) is 11.9 Å². The molecule has 0 aromatic heterocycles. The van der Waals surface area contributed by atoms with E-state index in [4.69, 9.17) is 11.6 Å². The van der Waals surface area contributed by atoms with Crippen LogP contribution in [0.1, 0.15) is 36.9 Å². The first-order valence-corrected chi connectivity index (χ1v) is 10.9. The Kier molecular flexibility index (Phi) is 5.72. The van der Waals surface area contributed by atoms with Crippen molar-refractivity contribution in [3.05, 3.63) is 64.4 Å². The second-order valence-electron chi connectivity index (χ2n) is 6.52. The summed E-state index contributed by atoms with van der Waals surface area (Å²) in [4.78, 5) is 0. The van der Waals surface area contributed by atoms with Crippen LogP contribution in [0, 0.1) is 5.82 Å². The van der Waals surface area contributed by atoms with Crippen molar-refractivity contribution in [3.63, 3.8) is 0 Å². The van der Waals surface area contributed by atoms with E-state index in [0.29, 0.717) is 29.2 Å². The van der Waals surface area contributed by atoms with E-state index in [2.05, 4.69) is 9.82 Å². The molecule has 0 saturated heterocycles. The summed E-state index contributed by atoms with van der Waals surface area (Å²) in [6, 6.07) is 11.4. The number of sulfonamides is 1. The predicted octanol–water partition coefficient (Wildman–Crippen LogP) is 4.41. The SMILES string of the molecule is CCCN1N=C(c2ccc(NS(C)(=O)=O)cc2)CC1c1c(F)cccc1Cl. The van der Waals surface area contributed by atoms with Crippen LogP contribution < -0.4 is 4.72 Å². The number of hydrazone groups is 1. The molecule has 1 aliphatic rings. The molecular formula is C19H21ClFN3O2S. The fraction of sp³-hybridized carbons (Fsp3) is 0.316. The van der Waals surface area contributed by atoms with E-state index < -0.39 is 10.0 Å². The maximum absolute atomic E-state index is 14.4. The minimum Gasteiger partial charge on any atom is -0.289 e. The third kappa shape index (κ3) is 4.59. The van der Waals surface area contributed by atoms with Gasteiger partial charge in [0, 0.05) is 29.2 Å². The van der Waals surface area contributed by atoms with Crippen LogP contribution in [0.2, 0.25) is 5.02 Å². The number of nitrogens with zero attached hydrogens (tertiary/aromatic N) is 2. The molecule has 0 amide bonds. The van der Waals surface area contributed by atoms with Crippen molar-refractivity contribution in [3.8, 4) is 0 Å². The number of anilines is 1. The summed E-state index contributed by atoms with van der Waals surface area (Å²) < 4.78 is 39.5. The Morgan fingerprint density at radius 2 is 1.96 bits per heavy atom. The third-order valence-electron chi connectivity index (χ3n) is 4.30. The van der Waals surface area contributed by atoms with Crippen LogP contribution in [-0.4, -0.2) is 31.9 Å². The summed E-state index contributed by atoms with van der Waals surface area (Å²) in [6.45, 7) is 2.73. The Bertz CT molecular complexity index is 941. The van der Waals surface area contributed by atoms with Crippen LogP contribution in [0.3, 0.4) is 0 Å². The van der Waals surface area contributed by atoms with Gasteiger partial charge in [0.15, 0.2) is 0 Å². The summed E-state index contributed by atoms with van der Waals surface area (Å²) in [6.07, 6.45) is 2.50. The minimum absolute atomic E-state index is 0.262. The lowest BCUT2D eigenvalue weighted by Crippen LogP contribution is -2.21. The smallest absolute Gasteiger partial charge is 0.229 e. The number of hydrogen-bond donors (Lipinski definition) is 1. The van der Waals surface area contributed by atoms with Gasteiger partial charge in [-0.25, -0.2) is 12.8 Å². The van der Waals surface area contributed by atoms with Gasteiger partial charge in [-0.05, 0) is 36.2 Å². The van der Waals surface area contributed by atoms with Crippen molar-refractivity contribution in [2.24, 2.45) is 5.10 Å². The van der Waals surface area contributed by atoms with Gasteiger partial charge in [0.25, 0.3) is 0 Å². The molecule has 0 spiro atoms. The highest BCUT2D eigenvalue weighted by Crippen LogP contribution is 2.37. The van der Waals surface area contributed by atoms with Gasteiger partial charge in [-0.3, -0.25) is 9.73 Å². The summed E-state index contributed by atoms with van der Waals surface area (Å²) in [5.74, 6) is -0.335. The Hall–Kier alpha value is -2.12. The lowest BCUT2D eigenvalue weighted by atomic mass is 9.97. The molecule has 2 aromatic rings. The second-order valence-corrected chi connectivity index (χ2v) is 8.67. The molecule has 1 heterocycles. The van der Waals surface area contributed by atoms with Crippen molar-refractivity contribution in [1.82, 2.24) is 5.01 Å². The molecule has 0 saturated carbocycles. The number of halogens is 2. The van der Waals surface area contributed by atoms with Gasteiger partial charge in [0.2, 0.25) is 10.0 Å². The van der Waals surface area contributed by atoms with Gasteiger partial charge >= 0.3 is 0 Å². The number of benzene rings is 2. The minimum atomic E-state index is -3.32. The van der Waals surface area contributed by atoms with E-state index in [0.717, 1.165) is 24.0 Å². The quantitative estimate of drug-likeness (QED) is 0.768. The first-order valence-electron chi connectivity index (χ1n) is 8.64. The van der Waals surface area contributed by atoms with Gasteiger partial charge in [-0.2, -0.15) is 5.10 Å². The molecule has 3 rings (SSSR count). The van der Waals surface area contributed by atoms with Gasteiger partial charge in [-0.15, -0.1) is 0 Å². The fourth-order valence-electron chi connectivity index (χ4n) is 3.19. The highest BCUT2D eigenvalue weighted by atomic mass is 35.5. The summed E-state index contributed by atoms with van der Waals surface area (Å²) >= 11 is 6.27. The first kappa shape index (κ1) is 19.6. The largest absolute Gasteiger partial charge is 0.289 e.